The zero-order valence-corrected chi connectivity index (χ0v) is 18.8. The number of nitrogens with one attached hydrogen (secondary N) is 1. The smallest absolute Gasteiger partial charge is 0.270 e. The zero-order chi connectivity index (χ0) is 23.6. The number of rotatable bonds is 8. The number of methoxy groups -OCH3 is 3. The number of fused-ring (bicyclic) bond motifs is 1. The molecular weight excluding hydrogens is 448 g/mol. The third-order valence-corrected chi connectivity index (χ3v) is 6.26. The first-order valence-corrected chi connectivity index (χ1v) is 11.1. The van der Waals surface area contributed by atoms with Gasteiger partial charge in [-0.05, 0) is 35.9 Å². The highest BCUT2D eigenvalue weighted by molar-refractivity contribution is 7.93. The van der Waals surface area contributed by atoms with Crippen LogP contribution < -0.4 is 18.9 Å². The fourth-order valence-corrected chi connectivity index (χ4v) is 4.80. The minimum absolute atomic E-state index is 0.0226. The van der Waals surface area contributed by atoms with Crippen molar-refractivity contribution in [3.05, 3.63) is 53.9 Å². The fourth-order valence-electron chi connectivity index (χ4n) is 3.45. The van der Waals surface area contributed by atoms with Crippen LogP contribution in [0, 0.1) is 12.3 Å². The third-order valence-electron chi connectivity index (χ3n) is 4.88. The molecule has 10 nitrogen and oxygen atoms in total. The lowest BCUT2D eigenvalue weighted by molar-refractivity contribution is 0.373. The van der Waals surface area contributed by atoms with Crippen LogP contribution in [0.15, 0.2) is 52.1 Å². The van der Waals surface area contributed by atoms with Gasteiger partial charge in [-0.2, -0.15) is 5.10 Å². The number of hydrogen-bond acceptors (Lipinski definition) is 8. The van der Waals surface area contributed by atoms with Crippen molar-refractivity contribution in [1.82, 2.24) is 14.9 Å². The Hall–Kier alpha value is -4.17. The Morgan fingerprint density at radius 3 is 2.58 bits per heavy atom. The largest absolute Gasteiger partial charge is 0.496 e. The summed E-state index contributed by atoms with van der Waals surface area (Å²) < 4.78 is 52.4. The van der Waals surface area contributed by atoms with Gasteiger partial charge in [-0.15, -0.1) is 6.42 Å². The van der Waals surface area contributed by atoms with E-state index < -0.39 is 10.0 Å². The Morgan fingerprint density at radius 2 is 1.94 bits per heavy atom. The predicted octanol–water partition coefficient (Wildman–Crippen LogP) is 2.88. The van der Waals surface area contributed by atoms with Gasteiger partial charge < -0.3 is 18.7 Å². The SMILES string of the molecule is C#Cc1ccc(OC)c(S(=O)(=O)Nc2noc3cc(Cn4cccn4)cc(OC)c23)c1OC. The third kappa shape index (κ3) is 4.04. The van der Waals surface area contributed by atoms with Gasteiger partial charge in [-0.3, -0.25) is 9.40 Å². The topological polar surface area (TPSA) is 118 Å². The summed E-state index contributed by atoms with van der Waals surface area (Å²) in [5.41, 5.74) is 1.42. The molecule has 0 bridgehead atoms. The summed E-state index contributed by atoms with van der Waals surface area (Å²) >= 11 is 0. The van der Waals surface area contributed by atoms with Gasteiger partial charge in [-0.1, -0.05) is 11.1 Å². The van der Waals surface area contributed by atoms with Crippen molar-refractivity contribution in [3.8, 4) is 29.6 Å². The van der Waals surface area contributed by atoms with Crippen LogP contribution in [0.3, 0.4) is 0 Å². The lowest BCUT2D eigenvalue weighted by Crippen LogP contribution is -2.16. The minimum atomic E-state index is -4.26. The first-order valence-electron chi connectivity index (χ1n) is 9.60. The summed E-state index contributed by atoms with van der Waals surface area (Å²) in [4.78, 5) is -0.256. The van der Waals surface area contributed by atoms with E-state index in [1.807, 2.05) is 12.3 Å². The van der Waals surface area contributed by atoms with Gasteiger partial charge >= 0.3 is 0 Å². The summed E-state index contributed by atoms with van der Waals surface area (Å²) in [6.07, 6.45) is 9.00. The van der Waals surface area contributed by atoms with Crippen molar-refractivity contribution in [3.63, 3.8) is 0 Å². The van der Waals surface area contributed by atoms with Crippen LogP contribution in [-0.4, -0.2) is 44.7 Å². The highest BCUT2D eigenvalue weighted by Crippen LogP contribution is 2.39. The van der Waals surface area contributed by atoms with Crippen molar-refractivity contribution in [2.45, 2.75) is 11.4 Å². The quantitative estimate of drug-likeness (QED) is 0.392. The van der Waals surface area contributed by atoms with Crippen molar-refractivity contribution < 1.29 is 27.2 Å². The molecule has 0 radical (unpaired) electrons. The summed E-state index contributed by atoms with van der Waals surface area (Å²) in [5.74, 6) is 2.77. The van der Waals surface area contributed by atoms with Crippen LogP contribution in [-0.2, 0) is 16.6 Å². The molecule has 2 aromatic heterocycles. The number of hydrogen-bond donors (Lipinski definition) is 1. The second kappa shape index (κ2) is 8.76. The molecule has 0 atom stereocenters. The van der Waals surface area contributed by atoms with Crippen LogP contribution in [0.25, 0.3) is 11.0 Å². The summed E-state index contributed by atoms with van der Waals surface area (Å²) in [6, 6.07) is 8.31. The maximum absolute atomic E-state index is 13.4. The molecule has 0 saturated heterocycles. The summed E-state index contributed by atoms with van der Waals surface area (Å²) in [6.45, 7) is 0.467. The monoisotopic (exact) mass is 468 g/mol. The van der Waals surface area contributed by atoms with E-state index in [4.69, 9.17) is 25.2 Å². The first kappa shape index (κ1) is 22.0. The maximum Gasteiger partial charge on any atom is 0.270 e. The van der Waals surface area contributed by atoms with E-state index in [1.54, 1.807) is 23.0 Å². The highest BCUT2D eigenvalue weighted by atomic mass is 32.2. The lowest BCUT2D eigenvalue weighted by atomic mass is 10.1. The molecule has 1 N–H and O–H groups in total. The second-order valence-corrected chi connectivity index (χ2v) is 8.45. The van der Waals surface area contributed by atoms with Gasteiger partial charge in [-0.25, -0.2) is 8.42 Å². The van der Waals surface area contributed by atoms with E-state index in [-0.39, 0.29) is 27.8 Å². The molecule has 0 aliphatic carbocycles. The molecule has 0 fully saturated rings. The normalized spacial score (nSPS) is 11.2. The lowest BCUT2D eigenvalue weighted by Gasteiger charge is -2.15. The van der Waals surface area contributed by atoms with Crippen molar-refractivity contribution in [1.29, 1.82) is 0 Å². The number of ether oxygens (including phenoxy) is 3. The number of sulfonamides is 1. The minimum Gasteiger partial charge on any atom is -0.496 e. The van der Waals surface area contributed by atoms with Gasteiger partial charge in [0.2, 0.25) is 0 Å². The van der Waals surface area contributed by atoms with Crippen molar-refractivity contribution in [2.24, 2.45) is 0 Å². The van der Waals surface area contributed by atoms with Crippen LogP contribution in [0.1, 0.15) is 11.1 Å². The molecule has 0 saturated carbocycles. The summed E-state index contributed by atoms with van der Waals surface area (Å²) in [5, 5.41) is 8.46. The summed E-state index contributed by atoms with van der Waals surface area (Å²) in [7, 11) is -0.114. The molecule has 2 aromatic carbocycles. The molecule has 0 aliphatic heterocycles. The average Bonchev–Trinajstić information content (AvgIpc) is 3.47. The van der Waals surface area contributed by atoms with E-state index in [9.17, 15) is 8.42 Å². The molecule has 0 spiro atoms. The molecule has 33 heavy (non-hydrogen) atoms. The van der Waals surface area contributed by atoms with Gasteiger partial charge in [0.15, 0.2) is 22.0 Å². The Balaban J connectivity index is 1.79. The number of aromatic nitrogens is 3. The Morgan fingerprint density at radius 1 is 1.15 bits per heavy atom. The standard InChI is InChI=1S/C22H20N4O6S/c1-5-15-7-8-16(29-2)21(20(15)31-4)33(27,28)25-22-19-17(30-3)11-14(12-18(19)32-24-22)13-26-10-6-9-23-26/h1,6-12H,13H2,2-4H3,(H,24,25). The maximum atomic E-state index is 13.4. The van der Waals surface area contributed by atoms with Crippen LogP contribution >= 0.6 is 0 Å². The molecule has 11 heteroatoms. The zero-order valence-electron chi connectivity index (χ0n) is 18.0. The molecule has 170 valence electrons. The van der Waals surface area contributed by atoms with E-state index in [0.29, 0.717) is 23.3 Å². The number of terminal acetylenes is 1. The Bertz CT molecular complexity index is 1450. The highest BCUT2D eigenvalue weighted by Gasteiger charge is 2.29. The van der Waals surface area contributed by atoms with Gasteiger partial charge in [0, 0.05) is 12.4 Å². The average molecular weight is 468 g/mol. The van der Waals surface area contributed by atoms with E-state index >= 15 is 0 Å². The Labute approximate surface area is 190 Å². The first-order chi connectivity index (χ1) is 15.9. The fraction of sp³-hybridized carbons (Fsp3) is 0.182. The molecule has 4 rings (SSSR count). The van der Waals surface area contributed by atoms with Crippen molar-refractivity contribution in [2.75, 3.05) is 26.1 Å². The van der Waals surface area contributed by atoms with Crippen LogP contribution in [0.5, 0.6) is 17.2 Å². The molecular formula is C22H20N4O6S. The van der Waals surface area contributed by atoms with E-state index in [2.05, 4.69) is 20.9 Å². The molecule has 0 amide bonds. The van der Waals surface area contributed by atoms with Crippen LogP contribution in [0.2, 0.25) is 0 Å². The van der Waals surface area contributed by atoms with Crippen LogP contribution in [0.4, 0.5) is 5.82 Å². The van der Waals surface area contributed by atoms with Gasteiger partial charge in [0.1, 0.15) is 16.9 Å². The van der Waals surface area contributed by atoms with E-state index in [0.717, 1.165) is 5.56 Å². The van der Waals surface area contributed by atoms with Gasteiger partial charge in [0.05, 0.1) is 33.4 Å². The van der Waals surface area contributed by atoms with Gasteiger partial charge in [0.25, 0.3) is 10.0 Å². The van der Waals surface area contributed by atoms with Crippen molar-refractivity contribution >= 4 is 26.8 Å². The molecule has 2 heterocycles. The molecule has 4 aromatic rings. The molecule has 0 unspecified atom stereocenters. The van der Waals surface area contributed by atoms with E-state index in [1.165, 1.54) is 33.5 Å². The number of anilines is 1. The predicted molar refractivity (Wildman–Crippen MR) is 120 cm³/mol. The number of nitrogens with zero attached hydrogens (tertiary/aromatic N) is 3. The number of benzene rings is 2. The second-order valence-electron chi connectivity index (χ2n) is 6.83. The molecule has 0 aliphatic rings. The Kier molecular flexibility index (Phi) is 5.85.